The van der Waals surface area contributed by atoms with Gasteiger partial charge in [-0.15, -0.1) is 0 Å². The first-order valence-electron chi connectivity index (χ1n) is 9.35. The molecule has 1 heterocycles. The summed E-state index contributed by atoms with van der Waals surface area (Å²) < 4.78 is 12.9. The first-order chi connectivity index (χ1) is 12.7. The van der Waals surface area contributed by atoms with Gasteiger partial charge in [-0.3, -0.25) is 9.59 Å². The molecule has 1 N–H and O–H groups in total. The molecule has 148 valence electrons. The lowest BCUT2D eigenvalue weighted by Crippen LogP contribution is -2.43. The number of hydrogen-bond donors (Lipinski definition) is 1. The van der Waals surface area contributed by atoms with E-state index in [2.05, 4.69) is 12.2 Å². The second-order valence-electron chi connectivity index (χ2n) is 7.72. The number of fused-ring (bicyclic) bond motifs is 1. The second kappa shape index (κ2) is 8.46. The first kappa shape index (κ1) is 20.8. The van der Waals surface area contributed by atoms with E-state index in [-0.39, 0.29) is 17.0 Å². The Morgan fingerprint density at radius 2 is 1.93 bits per heavy atom. The van der Waals surface area contributed by atoms with Crippen molar-refractivity contribution in [3.8, 4) is 11.5 Å². The molecule has 0 unspecified atom stereocenters. The number of aromatic nitrogens is 1. The third-order valence-electron chi connectivity index (χ3n) is 4.24. The Morgan fingerprint density at radius 1 is 1.22 bits per heavy atom. The monoisotopic (exact) mass is 374 g/mol. The zero-order valence-electron chi connectivity index (χ0n) is 17.1. The van der Waals surface area contributed by atoms with Gasteiger partial charge < -0.3 is 19.4 Å². The number of unbranched alkanes of at least 4 members (excludes halogenated alkanes) is 2. The molecule has 0 aliphatic heterocycles. The lowest BCUT2D eigenvalue weighted by Gasteiger charge is -2.21. The molecule has 6 nitrogen and oxygen atoms in total. The standard InChI is InChI=1S/C21H30N2O4/c1-7-8-9-12-27-18-16(26-6)11-10-14-13-15(19(24)22-21(2,3)4)20(25)23(5)17(14)18/h10-11,13H,7-9,12H2,1-6H3,(H,22,24). The van der Waals surface area contributed by atoms with Gasteiger partial charge in [-0.25, -0.2) is 0 Å². The van der Waals surface area contributed by atoms with Crippen LogP contribution in [0.3, 0.4) is 0 Å². The van der Waals surface area contributed by atoms with Crippen LogP contribution >= 0.6 is 0 Å². The minimum absolute atomic E-state index is 0.113. The highest BCUT2D eigenvalue weighted by atomic mass is 16.5. The van der Waals surface area contributed by atoms with Gasteiger partial charge in [0.1, 0.15) is 5.56 Å². The van der Waals surface area contributed by atoms with Crippen LogP contribution in [0.1, 0.15) is 57.3 Å². The van der Waals surface area contributed by atoms with E-state index in [1.807, 2.05) is 26.8 Å². The van der Waals surface area contributed by atoms with Crippen LogP contribution < -0.4 is 20.3 Å². The summed E-state index contributed by atoms with van der Waals surface area (Å²) in [5, 5.41) is 3.60. The summed E-state index contributed by atoms with van der Waals surface area (Å²) in [6.45, 7) is 8.31. The van der Waals surface area contributed by atoms with Crippen molar-refractivity contribution in [2.45, 2.75) is 52.5 Å². The van der Waals surface area contributed by atoms with Gasteiger partial charge in [0.15, 0.2) is 11.5 Å². The predicted molar refractivity (Wildman–Crippen MR) is 108 cm³/mol. The van der Waals surface area contributed by atoms with Crippen LogP contribution in [0.15, 0.2) is 23.0 Å². The van der Waals surface area contributed by atoms with Crippen molar-refractivity contribution in [3.63, 3.8) is 0 Å². The van der Waals surface area contributed by atoms with Gasteiger partial charge in [0.2, 0.25) is 0 Å². The molecule has 0 radical (unpaired) electrons. The molecule has 0 saturated carbocycles. The molecule has 2 aromatic rings. The largest absolute Gasteiger partial charge is 0.493 e. The second-order valence-corrected chi connectivity index (χ2v) is 7.72. The molecule has 1 aromatic heterocycles. The molecule has 1 aromatic carbocycles. The van der Waals surface area contributed by atoms with Crippen molar-refractivity contribution >= 4 is 16.8 Å². The lowest BCUT2D eigenvalue weighted by atomic mass is 10.1. The van der Waals surface area contributed by atoms with E-state index in [0.717, 1.165) is 24.6 Å². The maximum Gasteiger partial charge on any atom is 0.263 e. The quantitative estimate of drug-likeness (QED) is 0.751. The molecule has 0 aliphatic rings. The summed E-state index contributed by atoms with van der Waals surface area (Å²) >= 11 is 0. The average molecular weight is 374 g/mol. The molecular weight excluding hydrogens is 344 g/mol. The Morgan fingerprint density at radius 3 is 2.52 bits per heavy atom. The molecule has 0 saturated heterocycles. The molecule has 1 amide bonds. The number of ether oxygens (including phenoxy) is 2. The number of benzene rings is 1. The van der Waals surface area contributed by atoms with Crippen LogP contribution in [0.5, 0.6) is 11.5 Å². The number of carbonyl (C=O) groups excluding carboxylic acids is 1. The number of pyridine rings is 1. The molecule has 27 heavy (non-hydrogen) atoms. The zero-order valence-corrected chi connectivity index (χ0v) is 17.1. The van der Waals surface area contributed by atoms with Crippen LogP contribution in [-0.4, -0.2) is 29.7 Å². The number of amides is 1. The number of nitrogens with zero attached hydrogens (tertiary/aromatic N) is 1. The van der Waals surface area contributed by atoms with Crippen molar-refractivity contribution in [2.75, 3.05) is 13.7 Å². The molecule has 0 atom stereocenters. The third kappa shape index (κ3) is 4.81. The van der Waals surface area contributed by atoms with E-state index in [0.29, 0.717) is 23.6 Å². The third-order valence-corrected chi connectivity index (χ3v) is 4.24. The molecule has 0 spiro atoms. The number of aryl methyl sites for hydroxylation is 1. The van der Waals surface area contributed by atoms with Crippen molar-refractivity contribution in [2.24, 2.45) is 7.05 Å². The zero-order chi connectivity index (χ0) is 20.2. The minimum atomic E-state index is -0.426. The van der Waals surface area contributed by atoms with Gasteiger partial charge in [-0.05, 0) is 45.4 Å². The van der Waals surface area contributed by atoms with Crippen LogP contribution in [-0.2, 0) is 7.05 Å². The Hall–Kier alpha value is -2.50. The summed E-state index contributed by atoms with van der Waals surface area (Å²) in [7, 11) is 3.22. The van der Waals surface area contributed by atoms with Crippen LogP contribution in [0.4, 0.5) is 0 Å². The number of nitrogens with one attached hydrogen (secondary N) is 1. The molecular formula is C21H30N2O4. The smallest absolute Gasteiger partial charge is 0.263 e. The maximum absolute atomic E-state index is 12.8. The number of methoxy groups -OCH3 is 1. The van der Waals surface area contributed by atoms with Gasteiger partial charge >= 0.3 is 0 Å². The van der Waals surface area contributed by atoms with E-state index in [1.165, 1.54) is 4.57 Å². The van der Waals surface area contributed by atoms with E-state index >= 15 is 0 Å². The highest BCUT2D eigenvalue weighted by molar-refractivity contribution is 5.99. The van der Waals surface area contributed by atoms with Crippen molar-refractivity contribution in [3.05, 3.63) is 34.1 Å². The molecule has 2 rings (SSSR count). The highest BCUT2D eigenvalue weighted by Crippen LogP contribution is 2.35. The summed E-state index contributed by atoms with van der Waals surface area (Å²) in [5.41, 5.74) is -0.0501. The van der Waals surface area contributed by atoms with Crippen LogP contribution in [0.25, 0.3) is 10.9 Å². The predicted octanol–water partition coefficient (Wildman–Crippen LogP) is 3.64. The van der Waals surface area contributed by atoms with E-state index in [1.54, 1.807) is 26.3 Å². The Balaban J connectivity index is 2.55. The fraction of sp³-hybridized carbons (Fsp3) is 0.524. The van der Waals surface area contributed by atoms with Gasteiger partial charge in [0.25, 0.3) is 11.5 Å². The fourth-order valence-corrected chi connectivity index (χ4v) is 2.93. The minimum Gasteiger partial charge on any atom is -0.493 e. The highest BCUT2D eigenvalue weighted by Gasteiger charge is 2.21. The van der Waals surface area contributed by atoms with Crippen molar-refractivity contribution < 1.29 is 14.3 Å². The lowest BCUT2D eigenvalue weighted by molar-refractivity contribution is 0.0917. The normalized spacial score (nSPS) is 11.5. The van der Waals surface area contributed by atoms with Gasteiger partial charge in [0.05, 0.1) is 19.2 Å². The molecule has 0 fully saturated rings. The summed E-state index contributed by atoms with van der Waals surface area (Å²) in [6, 6.07) is 5.25. The SMILES string of the molecule is CCCCCOc1c(OC)ccc2cc(C(=O)NC(C)(C)C)c(=O)n(C)c12. The Kier molecular flexibility index (Phi) is 6.52. The number of rotatable bonds is 7. The summed E-state index contributed by atoms with van der Waals surface area (Å²) in [5.74, 6) is 0.723. The molecule has 6 heteroatoms. The summed E-state index contributed by atoms with van der Waals surface area (Å²) in [4.78, 5) is 25.4. The van der Waals surface area contributed by atoms with E-state index < -0.39 is 5.54 Å². The van der Waals surface area contributed by atoms with E-state index in [4.69, 9.17) is 9.47 Å². The van der Waals surface area contributed by atoms with Gasteiger partial charge in [-0.1, -0.05) is 19.8 Å². The van der Waals surface area contributed by atoms with Crippen LogP contribution in [0.2, 0.25) is 0 Å². The number of hydrogen-bond acceptors (Lipinski definition) is 4. The Labute approximate surface area is 160 Å². The Bertz CT molecular complexity index is 878. The van der Waals surface area contributed by atoms with Crippen LogP contribution in [0, 0.1) is 0 Å². The fourth-order valence-electron chi connectivity index (χ4n) is 2.93. The molecule has 0 aliphatic carbocycles. The summed E-state index contributed by atoms with van der Waals surface area (Å²) in [6.07, 6.45) is 3.10. The average Bonchev–Trinajstić information content (AvgIpc) is 2.59. The van der Waals surface area contributed by atoms with Gasteiger partial charge in [0, 0.05) is 18.0 Å². The van der Waals surface area contributed by atoms with Gasteiger partial charge in [-0.2, -0.15) is 0 Å². The van der Waals surface area contributed by atoms with Crippen molar-refractivity contribution in [1.82, 2.24) is 9.88 Å². The van der Waals surface area contributed by atoms with Crippen molar-refractivity contribution in [1.29, 1.82) is 0 Å². The molecule has 0 bridgehead atoms. The topological polar surface area (TPSA) is 69.6 Å². The first-order valence-corrected chi connectivity index (χ1v) is 9.35. The maximum atomic E-state index is 12.8. The number of carbonyl (C=O) groups is 1. The van der Waals surface area contributed by atoms with E-state index in [9.17, 15) is 9.59 Å².